The Labute approximate surface area is 111 Å². The van der Waals surface area contributed by atoms with Gasteiger partial charge >= 0.3 is 0 Å². The Hall–Kier alpha value is -0.240. The summed E-state index contributed by atoms with van der Waals surface area (Å²) in [5, 5.41) is 2.49. The monoisotopic (exact) mass is 261 g/mol. The predicted octanol–water partition coefficient (Wildman–Crippen LogP) is 4.26. The van der Waals surface area contributed by atoms with Crippen molar-refractivity contribution in [2.75, 3.05) is 0 Å². The molecule has 0 fully saturated rings. The summed E-state index contributed by atoms with van der Waals surface area (Å²) in [6.07, 6.45) is 9.62. The summed E-state index contributed by atoms with van der Waals surface area (Å²) in [5.41, 5.74) is 0. The van der Waals surface area contributed by atoms with Gasteiger partial charge in [-0.3, -0.25) is 4.79 Å². The van der Waals surface area contributed by atoms with Crippen LogP contribution < -0.4 is 5.32 Å². The number of halogens is 1. The molecule has 102 valence electrons. The second kappa shape index (κ2) is 10.9. The second-order valence-corrected chi connectivity index (χ2v) is 5.57. The molecule has 0 radical (unpaired) electrons. The fourth-order valence-electron chi connectivity index (χ4n) is 1.79. The van der Waals surface area contributed by atoms with Crippen molar-refractivity contribution in [3.05, 3.63) is 0 Å². The third-order valence-corrected chi connectivity index (χ3v) is 3.19. The molecule has 0 aliphatic carbocycles. The summed E-state index contributed by atoms with van der Waals surface area (Å²) in [7, 11) is 0. The highest BCUT2D eigenvalue weighted by Crippen LogP contribution is 2.12. The fraction of sp³-hybridized carbons (Fsp3) is 0.929. The zero-order chi connectivity index (χ0) is 13.1. The molecule has 0 rings (SSSR count). The summed E-state index contributed by atoms with van der Waals surface area (Å²) in [4.78, 5) is 11.5. The molecule has 0 saturated heterocycles. The molecular weight excluding hydrogens is 234 g/mol. The molecule has 0 aromatic heterocycles. The van der Waals surface area contributed by atoms with Crippen LogP contribution in [0.15, 0.2) is 0 Å². The minimum atomic E-state index is -0.354. The van der Waals surface area contributed by atoms with Crippen LogP contribution in [0.4, 0.5) is 0 Å². The zero-order valence-corrected chi connectivity index (χ0v) is 12.4. The lowest BCUT2D eigenvalue weighted by molar-refractivity contribution is -0.121. The first-order chi connectivity index (χ1) is 8.07. The molecule has 0 aliphatic rings. The highest BCUT2D eigenvalue weighted by atomic mass is 35.5. The molecule has 3 heteroatoms. The Kier molecular flexibility index (Phi) is 10.7. The van der Waals surface area contributed by atoms with Crippen molar-refractivity contribution in [1.29, 1.82) is 0 Å². The van der Waals surface area contributed by atoms with E-state index in [1.54, 1.807) is 0 Å². The van der Waals surface area contributed by atoms with Gasteiger partial charge in [0, 0.05) is 6.04 Å². The Morgan fingerprint density at radius 2 is 1.59 bits per heavy atom. The molecule has 1 atom stereocenters. The van der Waals surface area contributed by atoms with Crippen LogP contribution in [0.1, 0.15) is 72.1 Å². The van der Waals surface area contributed by atoms with Gasteiger partial charge in [-0.25, -0.2) is 0 Å². The summed E-state index contributed by atoms with van der Waals surface area (Å²) in [5.74, 6) is -0.0207. The van der Waals surface area contributed by atoms with E-state index in [1.165, 1.54) is 38.5 Å². The molecule has 0 aliphatic heterocycles. The van der Waals surface area contributed by atoms with Gasteiger partial charge in [0.15, 0.2) is 0 Å². The molecule has 0 spiro atoms. The molecule has 0 bridgehead atoms. The maximum atomic E-state index is 11.5. The minimum Gasteiger partial charge on any atom is -0.353 e. The Balaban J connectivity index is 3.38. The van der Waals surface area contributed by atoms with E-state index >= 15 is 0 Å². The maximum Gasteiger partial charge on any atom is 0.238 e. The van der Waals surface area contributed by atoms with Gasteiger partial charge in [0.25, 0.3) is 0 Å². The van der Waals surface area contributed by atoms with Gasteiger partial charge in [0.05, 0.1) is 0 Å². The van der Waals surface area contributed by atoms with Crippen molar-refractivity contribution in [2.45, 2.75) is 83.6 Å². The molecular formula is C14H28ClNO. The van der Waals surface area contributed by atoms with E-state index in [9.17, 15) is 4.79 Å². The highest BCUT2D eigenvalue weighted by molar-refractivity contribution is 6.30. The number of carbonyl (C=O) groups is 1. The lowest BCUT2D eigenvalue weighted by Gasteiger charge is -2.12. The van der Waals surface area contributed by atoms with Crippen LogP contribution in [0, 0.1) is 0 Å². The summed E-state index contributed by atoms with van der Waals surface area (Å²) < 4.78 is 0. The van der Waals surface area contributed by atoms with Crippen LogP contribution in [0.5, 0.6) is 0 Å². The first kappa shape index (κ1) is 16.8. The van der Waals surface area contributed by atoms with Crippen LogP contribution in [0.25, 0.3) is 0 Å². The van der Waals surface area contributed by atoms with Gasteiger partial charge in [0.2, 0.25) is 5.91 Å². The fourth-order valence-corrected chi connectivity index (χ4v) is 2.00. The molecule has 17 heavy (non-hydrogen) atoms. The molecule has 0 saturated carbocycles. The number of unbranched alkanes of at least 4 members (excludes halogenated alkanes) is 6. The van der Waals surface area contributed by atoms with Gasteiger partial charge in [-0.15, -0.1) is 11.6 Å². The van der Waals surface area contributed by atoms with Gasteiger partial charge < -0.3 is 5.32 Å². The standard InChI is InChI=1S/C14H28ClNO/c1-4-5-6-7-8-9-10-11-13(15)14(17)16-12(2)3/h12-13H,4-11H2,1-3H3,(H,16,17). The van der Waals surface area contributed by atoms with Gasteiger partial charge in [-0.1, -0.05) is 51.9 Å². The van der Waals surface area contributed by atoms with Gasteiger partial charge in [-0.2, -0.15) is 0 Å². The van der Waals surface area contributed by atoms with E-state index in [-0.39, 0.29) is 17.3 Å². The molecule has 1 unspecified atom stereocenters. The van der Waals surface area contributed by atoms with Crippen molar-refractivity contribution < 1.29 is 4.79 Å². The minimum absolute atomic E-state index is 0.0207. The van der Waals surface area contributed by atoms with Crippen molar-refractivity contribution in [3.8, 4) is 0 Å². The van der Waals surface area contributed by atoms with Crippen molar-refractivity contribution >= 4 is 17.5 Å². The maximum absolute atomic E-state index is 11.5. The Morgan fingerprint density at radius 1 is 1.06 bits per heavy atom. The number of carbonyl (C=O) groups excluding carboxylic acids is 1. The summed E-state index contributed by atoms with van der Waals surface area (Å²) >= 11 is 6.03. The van der Waals surface area contributed by atoms with Crippen LogP contribution in [0.3, 0.4) is 0 Å². The van der Waals surface area contributed by atoms with Crippen molar-refractivity contribution in [3.63, 3.8) is 0 Å². The molecule has 0 aromatic rings. The smallest absolute Gasteiger partial charge is 0.238 e. The van der Waals surface area contributed by atoms with Crippen LogP contribution >= 0.6 is 11.6 Å². The topological polar surface area (TPSA) is 29.1 Å². The normalized spacial score (nSPS) is 12.8. The van der Waals surface area contributed by atoms with E-state index in [0.29, 0.717) is 0 Å². The highest BCUT2D eigenvalue weighted by Gasteiger charge is 2.14. The lowest BCUT2D eigenvalue weighted by atomic mass is 10.1. The van der Waals surface area contributed by atoms with E-state index < -0.39 is 0 Å². The summed E-state index contributed by atoms with van der Waals surface area (Å²) in [6, 6.07) is 0.179. The Bertz CT molecular complexity index is 195. The number of amides is 1. The average Bonchev–Trinajstić information content (AvgIpc) is 2.26. The third kappa shape index (κ3) is 10.6. The van der Waals surface area contributed by atoms with Gasteiger partial charge in [0.1, 0.15) is 5.38 Å². The molecule has 0 heterocycles. The predicted molar refractivity (Wildman–Crippen MR) is 75.5 cm³/mol. The molecule has 2 nitrogen and oxygen atoms in total. The Morgan fingerprint density at radius 3 is 2.12 bits per heavy atom. The van der Waals surface area contributed by atoms with Crippen molar-refractivity contribution in [1.82, 2.24) is 5.32 Å². The molecule has 0 aromatic carbocycles. The van der Waals surface area contributed by atoms with Crippen LogP contribution in [0.2, 0.25) is 0 Å². The van der Waals surface area contributed by atoms with Crippen LogP contribution in [-0.2, 0) is 4.79 Å². The quantitative estimate of drug-likeness (QED) is 0.462. The van der Waals surface area contributed by atoms with Crippen molar-refractivity contribution in [2.24, 2.45) is 0 Å². The third-order valence-electron chi connectivity index (χ3n) is 2.78. The largest absolute Gasteiger partial charge is 0.353 e. The first-order valence-electron chi connectivity index (χ1n) is 7.02. The number of alkyl halides is 1. The lowest BCUT2D eigenvalue weighted by Crippen LogP contribution is -2.36. The number of nitrogens with one attached hydrogen (secondary N) is 1. The zero-order valence-electron chi connectivity index (χ0n) is 11.6. The first-order valence-corrected chi connectivity index (χ1v) is 7.46. The van der Waals surface area contributed by atoms with E-state index in [0.717, 1.165) is 12.8 Å². The number of hydrogen-bond donors (Lipinski definition) is 1. The van der Waals surface area contributed by atoms with E-state index in [1.807, 2.05) is 13.8 Å². The second-order valence-electron chi connectivity index (χ2n) is 5.04. The number of rotatable bonds is 10. The molecule has 1 N–H and O–H groups in total. The number of hydrogen-bond acceptors (Lipinski definition) is 1. The van der Waals surface area contributed by atoms with Crippen LogP contribution in [-0.4, -0.2) is 17.3 Å². The SMILES string of the molecule is CCCCCCCCCC(Cl)C(=O)NC(C)C. The van der Waals surface area contributed by atoms with Gasteiger partial charge in [-0.05, 0) is 20.3 Å². The van der Waals surface area contributed by atoms with E-state index in [4.69, 9.17) is 11.6 Å². The molecule has 1 amide bonds. The summed E-state index contributed by atoms with van der Waals surface area (Å²) in [6.45, 7) is 6.13. The van der Waals surface area contributed by atoms with E-state index in [2.05, 4.69) is 12.2 Å². The average molecular weight is 262 g/mol.